The summed E-state index contributed by atoms with van der Waals surface area (Å²) < 4.78 is -0.484. The molecule has 1 spiro atoms. The molecule has 2 fully saturated rings. The number of hydrogen-bond donors (Lipinski definition) is 0. The molecule has 0 aromatic heterocycles. The third-order valence-electron chi connectivity index (χ3n) is 6.29. The number of hydrogen-bond acceptors (Lipinski definition) is 5. The van der Waals surface area contributed by atoms with Crippen LogP contribution in [0.5, 0.6) is 0 Å². The van der Waals surface area contributed by atoms with E-state index >= 15 is 0 Å². The lowest BCUT2D eigenvalue weighted by atomic mass is 10.00. The van der Waals surface area contributed by atoms with Crippen molar-refractivity contribution >= 4 is 57.7 Å². The van der Waals surface area contributed by atoms with Gasteiger partial charge in [0.15, 0.2) is 0 Å². The van der Waals surface area contributed by atoms with Gasteiger partial charge in [-0.05, 0) is 36.6 Å². The average Bonchev–Trinajstić information content (AvgIpc) is 3.29. The zero-order valence-corrected chi connectivity index (χ0v) is 19.3. The standard InChI is InChI=1S/C25H21NO2S3/c27-23-21-22(24(28)26(23)17-11-5-2-6-12-17)29-20(16-9-3-1-4-10-16)15-25(21)30-18-13-7-8-14-19(18)31-25/h1-6,9-12,15,18-19H,7-8,13-14H2. The van der Waals surface area contributed by atoms with Gasteiger partial charge in [-0.2, -0.15) is 0 Å². The first-order valence-electron chi connectivity index (χ1n) is 10.7. The van der Waals surface area contributed by atoms with Crippen LogP contribution in [-0.2, 0) is 9.59 Å². The number of carbonyl (C=O) groups excluding carboxylic acids is 2. The molecule has 0 bridgehead atoms. The van der Waals surface area contributed by atoms with Crippen LogP contribution in [0.4, 0.5) is 5.69 Å². The smallest absolute Gasteiger partial charge is 0.268 e. The van der Waals surface area contributed by atoms with E-state index in [1.54, 1.807) is 0 Å². The number of anilines is 1. The largest absolute Gasteiger partial charge is 0.272 e. The Hall–Kier alpha value is -1.89. The van der Waals surface area contributed by atoms with Crippen molar-refractivity contribution < 1.29 is 9.59 Å². The third-order valence-corrected chi connectivity index (χ3v) is 11.3. The number of nitrogens with zero attached hydrogens (tertiary/aromatic N) is 1. The van der Waals surface area contributed by atoms with Crippen LogP contribution in [-0.4, -0.2) is 26.4 Å². The maximum atomic E-state index is 13.7. The Kier molecular flexibility index (Phi) is 4.85. The fraction of sp³-hybridized carbons (Fsp3) is 0.280. The summed E-state index contributed by atoms with van der Waals surface area (Å²) in [6, 6.07) is 19.6. The van der Waals surface area contributed by atoms with Gasteiger partial charge in [-0.1, -0.05) is 73.1 Å². The predicted molar refractivity (Wildman–Crippen MR) is 132 cm³/mol. The highest BCUT2D eigenvalue weighted by atomic mass is 32.2. The first-order valence-corrected chi connectivity index (χ1v) is 13.2. The minimum absolute atomic E-state index is 0.152. The minimum Gasteiger partial charge on any atom is -0.268 e. The van der Waals surface area contributed by atoms with Gasteiger partial charge in [0, 0.05) is 15.4 Å². The fourth-order valence-electron chi connectivity index (χ4n) is 4.85. The van der Waals surface area contributed by atoms with Crippen LogP contribution in [0.15, 0.2) is 77.2 Å². The van der Waals surface area contributed by atoms with Crippen LogP contribution in [0.1, 0.15) is 31.2 Å². The number of thioether (sulfide) groups is 3. The van der Waals surface area contributed by atoms with Crippen molar-refractivity contribution in [2.24, 2.45) is 0 Å². The van der Waals surface area contributed by atoms with Gasteiger partial charge in [-0.25, -0.2) is 4.90 Å². The van der Waals surface area contributed by atoms with Crippen molar-refractivity contribution in [2.75, 3.05) is 4.90 Å². The summed E-state index contributed by atoms with van der Waals surface area (Å²) in [6.07, 6.45) is 7.17. The Bertz CT molecular complexity index is 1110. The quantitative estimate of drug-likeness (QED) is 0.504. The average molecular weight is 464 g/mol. The van der Waals surface area contributed by atoms with Crippen molar-refractivity contribution in [1.82, 2.24) is 0 Å². The van der Waals surface area contributed by atoms with E-state index in [0.29, 0.717) is 26.7 Å². The topological polar surface area (TPSA) is 37.4 Å². The van der Waals surface area contributed by atoms with Crippen molar-refractivity contribution in [3.05, 3.63) is 82.8 Å². The van der Waals surface area contributed by atoms with Gasteiger partial charge in [0.2, 0.25) is 0 Å². The van der Waals surface area contributed by atoms with Crippen molar-refractivity contribution in [3.8, 4) is 0 Å². The first-order chi connectivity index (χ1) is 15.2. The summed E-state index contributed by atoms with van der Waals surface area (Å²) in [5.74, 6) is -0.339. The maximum Gasteiger partial charge on any atom is 0.272 e. The molecule has 0 radical (unpaired) electrons. The summed E-state index contributed by atoms with van der Waals surface area (Å²) in [7, 11) is 0. The minimum atomic E-state index is -0.484. The number of benzene rings is 2. The van der Waals surface area contributed by atoms with Gasteiger partial charge in [0.05, 0.1) is 16.2 Å². The molecular weight excluding hydrogens is 442 g/mol. The van der Waals surface area contributed by atoms with E-state index in [4.69, 9.17) is 0 Å². The molecule has 0 N–H and O–H groups in total. The zero-order valence-electron chi connectivity index (χ0n) is 16.8. The number of carbonyl (C=O) groups is 2. The van der Waals surface area contributed by atoms with Crippen LogP contribution in [0, 0.1) is 0 Å². The molecule has 6 heteroatoms. The molecule has 156 valence electrons. The normalized spacial score (nSPS) is 29.9. The van der Waals surface area contributed by atoms with Crippen molar-refractivity contribution in [3.63, 3.8) is 0 Å². The SMILES string of the molecule is O=C1C2=C(C(=O)N1c1ccccc1)C1(C=C(c3ccccc3)S2)SC2CCCCC2S1. The molecule has 2 aromatic rings. The van der Waals surface area contributed by atoms with Gasteiger partial charge in [-0.15, -0.1) is 23.5 Å². The van der Waals surface area contributed by atoms with E-state index in [2.05, 4.69) is 18.2 Å². The molecule has 1 saturated heterocycles. The van der Waals surface area contributed by atoms with E-state index in [0.717, 1.165) is 10.5 Å². The van der Waals surface area contributed by atoms with Crippen LogP contribution >= 0.6 is 35.3 Å². The van der Waals surface area contributed by atoms with Gasteiger partial charge in [0.25, 0.3) is 11.8 Å². The summed E-state index contributed by atoms with van der Waals surface area (Å²) in [4.78, 5) is 30.4. The fourth-order valence-corrected chi connectivity index (χ4v) is 10.7. The Balaban J connectivity index is 1.48. The number of imide groups is 1. The van der Waals surface area contributed by atoms with Gasteiger partial charge in [-0.3, -0.25) is 9.59 Å². The Labute approximate surface area is 194 Å². The summed E-state index contributed by atoms with van der Waals surface area (Å²) >= 11 is 5.28. The molecule has 6 rings (SSSR count). The monoisotopic (exact) mass is 463 g/mol. The summed E-state index contributed by atoms with van der Waals surface area (Å²) in [5.41, 5.74) is 2.44. The van der Waals surface area contributed by atoms with E-state index in [1.807, 2.05) is 72.1 Å². The summed E-state index contributed by atoms with van der Waals surface area (Å²) in [5, 5.41) is 1.08. The lowest BCUT2D eigenvalue weighted by molar-refractivity contribution is -0.120. The Morgan fingerprint density at radius 3 is 2.06 bits per heavy atom. The van der Waals surface area contributed by atoms with E-state index in [9.17, 15) is 9.59 Å². The molecule has 1 saturated carbocycles. The lowest BCUT2D eigenvalue weighted by Crippen LogP contribution is -2.34. The van der Waals surface area contributed by atoms with Crippen LogP contribution in [0.2, 0.25) is 0 Å². The second kappa shape index (κ2) is 7.61. The molecule has 1 aliphatic carbocycles. The molecule has 4 aliphatic rings. The van der Waals surface area contributed by atoms with E-state index in [1.165, 1.54) is 42.3 Å². The summed E-state index contributed by atoms with van der Waals surface area (Å²) in [6.45, 7) is 0. The molecular formula is C25H21NO2S3. The van der Waals surface area contributed by atoms with Crippen LogP contribution in [0.25, 0.3) is 4.91 Å². The Morgan fingerprint density at radius 2 is 1.42 bits per heavy atom. The van der Waals surface area contributed by atoms with Crippen molar-refractivity contribution in [2.45, 2.75) is 40.3 Å². The highest BCUT2D eigenvalue weighted by Crippen LogP contribution is 2.66. The van der Waals surface area contributed by atoms with E-state index < -0.39 is 4.08 Å². The van der Waals surface area contributed by atoms with Crippen LogP contribution < -0.4 is 4.90 Å². The molecule has 2 atom stereocenters. The predicted octanol–water partition coefficient (Wildman–Crippen LogP) is 6.09. The number of amides is 2. The van der Waals surface area contributed by atoms with Gasteiger partial charge < -0.3 is 0 Å². The molecule has 3 heterocycles. The Morgan fingerprint density at radius 1 is 0.806 bits per heavy atom. The van der Waals surface area contributed by atoms with Gasteiger partial charge >= 0.3 is 0 Å². The molecule has 2 unspecified atom stereocenters. The number of para-hydroxylation sites is 1. The second-order valence-corrected chi connectivity index (χ2v) is 12.5. The number of rotatable bonds is 2. The van der Waals surface area contributed by atoms with E-state index in [-0.39, 0.29) is 11.8 Å². The lowest BCUT2D eigenvalue weighted by Gasteiger charge is -2.30. The maximum absolute atomic E-state index is 13.7. The second-order valence-electron chi connectivity index (χ2n) is 8.23. The van der Waals surface area contributed by atoms with Crippen molar-refractivity contribution in [1.29, 1.82) is 0 Å². The van der Waals surface area contributed by atoms with Gasteiger partial charge in [0.1, 0.15) is 4.08 Å². The molecule has 31 heavy (non-hydrogen) atoms. The highest BCUT2D eigenvalue weighted by Gasteiger charge is 2.57. The first kappa shape index (κ1) is 19.8. The molecule has 3 nitrogen and oxygen atoms in total. The molecule has 2 amide bonds. The molecule has 2 aromatic carbocycles. The highest BCUT2D eigenvalue weighted by molar-refractivity contribution is 8.23. The third kappa shape index (κ3) is 3.14. The van der Waals surface area contributed by atoms with Crippen LogP contribution in [0.3, 0.4) is 0 Å². The zero-order chi connectivity index (χ0) is 21.0. The molecule has 3 aliphatic heterocycles. The number of fused-ring (bicyclic) bond motifs is 2.